The molecule has 0 aliphatic carbocycles. The topological polar surface area (TPSA) is 105 Å². The lowest BCUT2D eigenvalue weighted by atomic mass is 9.89. The predicted octanol–water partition coefficient (Wildman–Crippen LogP) is 3.79. The maximum Gasteiger partial charge on any atom is 0.416 e. The van der Waals surface area contributed by atoms with Crippen LogP contribution in [0, 0.1) is 5.92 Å². The molecule has 170 valence electrons. The maximum atomic E-state index is 13.3. The Bertz CT molecular complexity index is 1060. The third-order valence-electron chi connectivity index (χ3n) is 5.19. The summed E-state index contributed by atoms with van der Waals surface area (Å²) in [6.07, 6.45) is -1.13. The van der Waals surface area contributed by atoms with Gasteiger partial charge in [0.05, 0.1) is 29.1 Å². The first kappa shape index (κ1) is 23.5. The second-order valence-corrected chi connectivity index (χ2v) is 8.14. The van der Waals surface area contributed by atoms with E-state index in [9.17, 15) is 27.6 Å². The van der Waals surface area contributed by atoms with Gasteiger partial charge in [0.25, 0.3) is 0 Å². The number of rotatable bonds is 3. The molecule has 11 heteroatoms. The van der Waals surface area contributed by atoms with E-state index in [2.05, 4.69) is 10.3 Å². The predicted molar refractivity (Wildman–Crippen MR) is 111 cm³/mol. The van der Waals surface area contributed by atoms with E-state index in [0.717, 1.165) is 12.1 Å². The lowest BCUT2D eigenvalue weighted by Gasteiger charge is -2.38. The van der Waals surface area contributed by atoms with Crippen LogP contribution < -0.4 is 11.1 Å². The smallest absolute Gasteiger partial charge is 0.366 e. The van der Waals surface area contributed by atoms with Crippen LogP contribution in [-0.2, 0) is 15.8 Å². The number of nitrogens with zero attached hydrogens (tertiary/aromatic N) is 2. The number of primary amides is 1. The highest BCUT2D eigenvalue weighted by Crippen LogP contribution is 2.38. The summed E-state index contributed by atoms with van der Waals surface area (Å²) >= 11 is 5.91. The molecule has 7 nitrogen and oxygen atoms in total. The minimum absolute atomic E-state index is 0.0401. The lowest BCUT2D eigenvalue weighted by molar-refractivity contribution is -0.146. The molecule has 2 aromatic rings. The second kappa shape index (κ2) is 9.15. The van der Waals surface area contributed by atoms with Crippen molar-refractivity contribution in [2.24, 2.45) is 11.7 Å². The normalized spacial score (nSPS) is 18.8. The summed E-state index contributed by atoms with van der Waals surface area (Å²) in [5.74, 6) is -2.64. The molecule has 0 saturated carbocycles. The highest BCUT2D eigenvalue weighted by molar-refractivity contribution is 6.39. The van der Waals surface area contributed by atoms with Crippen molar-refractivity contribution < 1.29 is 27.6 Å². The van der Waals surface area contributed by atoms with Gasteiger partial charge in [0.1, 0.15) is 0 Å². The van der Waals surface area contributed by atoms with Gasteiger partial charge in [-0.3, -0.25) is 19.4 Å². The Balaban J connectivity index is 1.87. The highest BCUT2D eigenvalue weighted by Gasteiger charge is 2.37. The summed E-state index contributed by atoms with van der Waals surface area (Å²) in [6.45, 7) is 2.07. The number of carbonyl (C=O) groups is 3. The van der Waals surface area contributed by atoms with Crippen LogP contribution in [-0.4, -0.2) is 34.2 Å². The number of nitrogens with two attached hydrogens (primary N) is 1. The molecule has 32 heavy (non-hydrogen) atoms. The molecule has 1 aromatic carbocycles. The number of nitrogens with one attached hydrogen (secondary N) is 1. The zero-order chi connectivity index (χ0) is 23.6. The summed E-state index contributed by atoms with van der Waals surface area (Å²) in [7, 11) is 0. The number of amides is 3. The zero-order valence-corrected chi connectivity index (χ0v) is 17.7. The molecule has 1 aromatic heterocycles. The molecule has 0 unspecified atom stereocenters. The SMILES string of the molecule is C[C@@H]1CC[C@@H](c2cc(Cl)cc(C(F)(F)F)c2)N(C(=O)C(=O)Nc2cncc(C(N)=O)c2)C1. The van der Waals surface area contributed by atoms with Gasteiger partial charge >= 0.3 is 18.0 Å². The van der Waals surface area contributed by atoms with Crippen LogP contribution in [0.15, 0.2) is 36.7 Å². The number of benzene rings is 1. The Morgan fingerprint density at radius 3 is 2.53 bits per heavy atom. The van der Waals surface area contributed by atoms with E-state index in [-0.39, 0.29) is 34.3 Å². The second-order valence-electron chi connectivity index (χ2n) is 7.71. The van der Waals surface area contributed by atoms with E-state index in [1.54, 1.807) is 0 Å². The lowest BCUT2D eigenvalue weighted by Crippen LogP contribution is -2.46. The van der Waals surface area contributed by atoms with Gasteiger partial charge in [-0.25, -0.2) is 0 Å². The van der Waals surface area contributed by atoms with Crippen molar-refractivity contribution in [1.82, 2.24) is 9.88 Å². The zero-order valence-electron chi connectivity index (χ0n) is 16.9. The van der Waals surface area contributed by atoms with Crippen LogP contribution in [0.5, 0.6) is 0 Å². The standard InChI is InChI=1S/C21H20ClF3N4O3/c1-11-2-3-17(12-4-14(21(23,24)25)7-15(22)5-12)29(10-11)20(32)19(31)28-16-6-13(18(26)30)8-27-9-16/h4-9,11,17H,2-3,10H2,1H3,(H2,26,30)(H,28,31)/t11-,17+/m1/s1. The molecule has 1 fully saturated rings. The Morgan fingerprint density at radius 1 is 1.16 bits per heavy atom. The maximum absolute atomic E-state index is 13.3. The number of halogens is 4. The Morgan fingerprint density at radius 2 is 1.88 bits per heavy atom. The molecule has 1 saturated heterocycles. The average Bonchev–Trinajstić information content (AvgIpc) is 2.72. The van der Waals surface area contributed by atoms with Crippen LogP contribution in [0.4, 0.5) is 18.9 Å². The van der Waals surface area contributed by atoms with Crippen LogP contribution in [0.2, 0.25) is 5.02 Å². The van der Waals surface area contributed by atoms with E-state index in [1.165, 1.54) is 29.4 Å². The molecule has 1 aliphatic rings. The van der Waals surface area contributed by atoms with E-state index in [0.29, 0.717) is 12.8 Å². The summed E-state index contributed by atoms with van der Waals surface area (Å²) in [5, 5.41) is 2.25. The van der Waals surface area contributed by atoms with Crippen molar-refractivity contribution in [2.45, 2.75) is 32.0 Å². The van der Waals surface area contributed by atoms with Crippen molar-refractivity contribution in [3.05, 3.63) is 58.4 Å². The molecule has 2 heterocycles. The van der Waals surface area contributed by atoms with Crippen LogP contribution >= 0.6 is 11.6 Å². The molecule has 3 N–H and O–H groups in total. The fourth-order valence-electron chi connectivity index (χ4n) is 3.65. The van der Waals surface area contributed by atoms with Crippen molar-refractivity contribution in [2.75, 3.05) is 11.9 Å². The molecular weight excluding hydrogens is 449 g/mol. The number of aromatic nitrogens is 1. The van der Waals surface area contributed by atoms with Gasteiger partial charge in [-0.15, -0.1) is 0 Å². The van der Waals surface area contributed by atoms with Gasteiger partial charge < -0.3 is 16.0 Å². The summed E-state index contributed by atoms with van der Waals surface area (Å²) in [4.78, 5) is 41.9. The monoisotopic (exact) mass is 468 g/mol. The van der Waals surface area contributed by atoms with Crippen molar-refractivity contribution in [3.8, 4) is 0 Å². The highest BCUT2D eigenvalue weighted by atomic mass is 35.5. The molecule has 0 bridgehead atoms. The van der Waals surface area contributed by atoms with Crippen molar-refractivity contribution in [3.63, 3.8) is 0 Å². The van der Waals surface area contributed by atoms with Gasteiger partial charge in [0.2, 0.25) is 5.91 Å². The number of hydrogen-bond acceptors (Lipinski definition) is 4. The molecule has 3 rings (SSSR count). The molecule has 0 radical (unpaired) electrons. The molecule has 2 atom stereocenters. The molecule has 3 amide bonds. The first-order valence-electron chi connectivity index (χ1n) is 9.70. The Kier molecular flexibility index (Phi) is 6.73. The number of piperidine rings is 1. The Hall–Kier alpha value is -3.14. The first-order chi connectivity index (χ1) is 15.0. The average molecular weight is 469 g/mol. The van der Waals surface area contributed by atoms with Crippen LogP contribution in [0.3, 0.4) is 0 Å². The quantitative estimate of drug-likeness (QED) is 0.668. The summed E-state index contributed by atoms with van der Waals surface area (Å²) in [6, 6.07) is 3.65. The van der Waals surface area contributed by atoms with Gasteiger partial charge in [0.15, 0.2) is 0 Å². The number of anilines is 1. The van der Waals surface area contributed by atoms with Crippen LogP contribution in [0.1, 0.15) is 47.3 Å². The van der Waals surface area contributed by atoms with E-state index < -0.39 is 35.5 Å². The number of pyridine rings is 1. The molecule has 1 aliphatic heterocycles. The molecular formula is C21H20ClF3N4O3. The van der Waals surface area contributed by atoms with Crippen molar-refractivity contribution in [1.29, 1.82) is 0 Å². The third kappa shape index (κ3) is 5.37. The van der Waals surface area contributed by atoms with E-state index in [1.807, 2.05) is 6.92 Å². The van der Waals surface area contributed by atoms with Gasteiger partial charge in [0, 0.05) is 17.8 Å². The van der Waals surface area contributed by atoms with Gasteiger partial charge in [-0.1, -0.05) is 18.5 Å². The van der Waals surface area contributed by atoms with Gasteiger partial charge in [-0.05, 0) is 48.6 Å². The number of hydrogen-bond donors (Lipinski definition) is 2. The minimum Gasteiger partial charge on any atom is -0.366 e. The van der Waals surface area contributed by atoms with E-state index in [4.69, 9.17) is 17.3 Å². The number of likely N-dealkylation sites (tertiary alicyclic amines) is 1. The minimum atomic E-state index is -4.60. The van der Waals surface area contributed by atoms with Gasteiger partial charge in [-0.2, -0.15) is 13.2 Å². The fraction of sp³-hybridized carbons (Fsp3) is 0.333. The first-order valence-corrected chi connectivity index (χ1v) is 10.1. The Labute approximate surface area is 186 Å². The number of carbonyl (C=O) groups excluding carboxylic acids is 3. The number of alkyl halides is 3. The van der Waals surface area contributed by atoms with Crippen LogP contribution in [0.25, 0.3) is 0 Å². The van der Waals surface area contributed by atoms with E-state index >= 15 is 0 Å². The fourth-order valence-corrected chi connectivity index (χ4v) is 3.89. The largest absolute Gasteiger partial charge is 0.416 e. The summed E-state index contributed by atoms with van der Waals surface area (Å²) < 4.78 is 39.8. The molecule has 0 spiro atoms. The van der Waals surface area contributed by atoms with Crippen molar-refractivity contribution >= 4 is 35.0 Å². The third-order valence-corrected chi connectivity index (χ3v) is 5.40. The summed E-state index contributed by atoms with van der Waals surface area (Å²) in [5.41, 5.74) is 4.59.